The lowest BCUT2D eigenvalue weighted by Gasteiger charge is -2.15. The number of carbonyl (C=O) groups excluding carboxylic acids is 1. The fourth-order valence-electron chi connectivity index (χ4n) is 2.92. The zero-order valence-corrected chi connectivity index (χ0v) is 13.7. The number of carboxylic acid groups (broad SMARTS) is 1. The van der Waals surface area contributed by atoms with Gasteiger partial charge in [-0.15, -0.1) is 0 Å². The summed E-state index contributed by atoms with van der Waals surface area (Å²) in [5.74, 6) is -0.211. The van der Waals surface area contributed by atoms with Gasteiger partial charge in [0.05, 0.1) is 13.0 Å². The van der Waals surface area contributed by atoms with Gasteiger partial charge in [-0.25, -0.2) is 0 Å². The molecule has 5 heteroatoms. The van der Waals surface area contributed by atoms with E-state index in [1.54, 1.807) is 12.0 Å². The topological polar surface area (TPSA) is 66.8 Å². The van der Waals surface area contributed by atoms with Crippen molar-refractivity contribution in [1.82, 2.24) is 4.90 Å². The van der Waals surface area contributed by atoms with Crippen LogP contribution in [0.25, 0.3) is 0 Å². The molecule has 1 amide bonds. The predicted molar refractivity (Wildman–Crippen MR) is 87.5 cm³/mol. The van der Waals surface area contributed by atoms with Crippen molar-refractivity contribution in [1.29, 1.82) is 0 Å². The van der Waals surface area contributed by atoms with Crippen molar-refractivity contribution in [3.8, 4) is 5.75 Å². The first kappa shape index (κ1) is 17.3. The number of amides is 1. The molecule has 1 aromatic carbocycles. The number of nitrogens with zero attached hydrogens (tertiary/aromatic N) is 1. The van der Waals surface area contributed by atoms with Crippen molar-refractivity contribution in [3.05, 3.63) is 29.8 Å². The highest BCUT2D eigenvalue weighted by Crippen LogP contribution is 2.18. The molecule has 0 aliphatic carbocycles. The largest absolute Gasteiger partial charge is 0.497 e. The molecule has 1 saturated heterocycles. The quantitative estimate of drug-likeness (QED) is 0.748. The number of hydrogen-bond acceptors (Lipinski definition) is 3. The Morgan fingerprint density at radius 3 is 2.57 bits per heavy atom. The van der Waals surface area contributed by atoms with Gasteiger partial charge in [-0.2, -0.15) is 0 Å². The number of aliphatic carboxylic acids is 1. The van der Waals surface area contributed by atoms with Gasteiger partial charge in [0.1, 0.15) is 5.75 Å². The minimum Gasteiger partial charge on any atom is -0.497 e. The van der Waals surface area contributed by atoms with E-state index >= 15 is 0 Å². The van der Waals surface area contributed by atoms with Crippen molar-refractivity contribution >= 4 is 11.9 Å². The minimum atomic E-state index is -0.792. The molecule has 1 N–H and O–H groups in total. The first-order chi connectivity index (χ1) is 11.1. The molecular formula is C18H25NO4. The Hall–Kier alpha value is -2.04. The summed E-state index contributed by atoms with van der Waals surface area (Å²) >= 11 is 0. The third kappa shape index (κ3) is 5.27. The molecule has 0 unspecified atom stereocenters. The van der Waals surface area contributed by atoms with E-state index in [0.29, 0.717) is 25.9 Å². The number of methoxy groups -OCH3 is 1. The molecular weight excluding hydrogens is 294 g/mol. The van der Waals surface area contributed by atoms with Crippen molar-refractivity contribution in [2.45, 2.75) is 38.5 Å². The lowest BCUT2D eigenvalue weighted by atomic mass is 10.1. The highest BCUT2D eigenvalue weighted by atomic mass is 16.5. The number of benzene rings is 1. The van der Waals surface area contributed by atoms with Crippen molar-refractivity contribution < 1.29 is 19.4 Å². The summed E-state index contributed by atoms with van der Waals surface area (Å²) in [7, 11) is 1.66. The lowest BCUT2D eigenvalue weighted by Crippen LogP contribution is -2.29. The molecule has 1 heterocycles. The molecule has 1 atom stereocenters. The summed E-state index contributed by atoms with van der Waals surface area (Å²) in [6.07, 6.45) is 5.03. The maximum Gasteiger partial charge on any atom is 0.308 e. The van der Waals surface area contributed by atoms with Crippen LogP contribution in [-0.4, -0.2) is 42.1 Å². The van der Waals surface area contributed by atoms with E-state index in [9.17, 15) is 9.59 Å². The summed E-state index contributed by atoms with van der Waals surface area (Å²) < 4.78 is 5.13. The Morgan fingerprint density at radius 1 is 1.22 bits per heavy atom. The van der Waals surface area contributed by atoms with E-state index in [1.165, 1.54) is 5.56 Å². The molecule has 0 radical (unpaired) electrons. The van der Waals surface area contributed by atoms with Gasteiger partial charge in [0, 0.05) is 19.5 Å². The van der Waals surface area contributed by atoms with Crippen molar-refractivity contribution in [3.63, 3.8) is 0 Å². The summed E-state index contributed by atoms with van der Waals surface area (Å²) in [4.78, 5) is 24.6. The van der Waals surface area contributed by atoms with Crippen molar-refractivity contribution in [2.24, 2.45) is 5.92 Å². The molecule has 0 spiro atoms. The van der Waals surface area contributed by atoms with E-state index in [2.05, 4.69) is 12.1 Å². The molecule has 1 aromatic rings. The monoisotopic (exact) mass is 319 g/mol. The van der Waals surface area contributed by atoms with Crippen LogP contribution in [0.4, 0.5) is 0 Å². The minimum absolute atomic E-state index is 0.0956. The fraction of sp³-hybridized carbons (Fsp3) is 0.556. The molecule has 1 aliphatic heterocycles. The van der Waals surface area contributed by atoms with Crippen LogP contribution < -0.4 is 4.74 Å². The maximum atomic E-state index is 12.0. The van der Waals surface area contributed by atoms with Gasteiger partial charge < -0.3 is 14.7 Å². The molecule has 0 bridgehead atoms. The van der Waals surface area contributed by atoms with Crippen LogP contribution in [0.1, 0.15) is 37.7 Å². The molecule has 5 nitrogen and oxygen atoms in total. The Balaban J connectivity index is 1.60. The summed E-state index contributed by atoms with van der Waals surface area (Å²) in [5.41, 5.74) is 1.28. The van der Waals surface area contributed by atoms with Gasteiger partial charge in [-0.1, -0.05) is 18.6 Å². The third-order valence-corrected chi connectivity index (χ3v) is 4.41. The average molecular weight is 319 g/mol. The lowest BCUT2D eigenvalue weighted by molar-refractivity contribution is -0.141. The van der Waals surface area contributed by atoms with Crippen LogP contribution in [0.2, 0.25) is 0 Å². The number of rotatable bonds is 8. The highest BCUT2D eigenvalue weighted by Gasteiger charge is 2.30. The third-order valence-electron chi connectivity index (χ3n) is 4.41. The maximum absolute atomic E-state index is 12.0. The van der Waals surface area contributed by atoms with E-state index in [4.69, 9.17) is 9.84 Å². The summed E-state index contributed by atoms with van der Waals surface area (Å²) in [5, 5.41) is 8.95. The second-order valence-corrected chi connectivity index (χ2v) is 6.07. The Kier molecular flexibility index (Phi) is 6.44. The van der Waals surface area contributed by atoms with Crippen LogP contribution in [-0.2, 0) is 16.0 Å². The number of aryl methyl sites for hydroxylation is 1. The van der Waals surface area contributed by atoms with Crippen molar-refractivity contribution in [2.75, 3.05) is 20.2 Å². The Labute approximate surface area is 137 Å². The molecule has 1 fully saturated rings. The van der Waals surface area contributed by atoms with E-state index < -0.39 is 5.97 Å². The number of likely N-dealkylation sites (tertiary alicyclic amines) is 1. The molecule has 23 heavy (non-hydrogen) atoms. The zero-order valence-electron chi connectivity index (χ0n) is 13.7. The average Bonchev–Trinajstić information content (AvgIpc) is 3.05. The Morgan fingerprint density at radius 2 is 1.96 bits per heavy atom. The van der Waals surface area contributed by atoms with Crippen LogP contribution >= 0.6 is 0 Å². The van der Waals surface area contributed by atoms with Gasteiger partial charge in [-0.3, -0.25) is 9.59 Å². The number of hydrogen-bond donors (Lipinski definition) is 1. The smallest absolute Gasteiger partial charge is 0.308 e. The van der Waals surface area contributed by atoms with E-state index in [0.717, 1.165) is 31.4 Å². The second kappa shape index (κ2) is 8.56. The normalized spacial score (nSPS) is 17.3. The highest BCUT2D eigenvalue weighted by molar-refractivity contribution is 5.78. The van der Waals surface area contributed by atoms with Crippen LogP contribution in [0.5, 0.6) is 5.75 Å². The number of unbranched alkanes of at least 4 members (excludes halogenated alkanes) is 2. The zero-order chi connectivity index (χ0) is 16.7. The van der Waals surface area contributed by atoms with Gasteiger partial charge in [0.15, 0.2) is 0 Å². The van der Waals surface area contributed by atoms with Gasteiger partial charge in [0.25, 0.3) is 0 Å². The SMILES string of the molecule is COc1ccc(CCCCCC(=O)N2CC[C@H](C(=O)O)C2)cc1. The first-order valence-electron chi connectivity index (χ1n) is 8.23. The number of carboxylic acids is 1. The van der Waals surface area contributed by atoms with E-state index in [1.807, 2.05) is 12.1 Å². The number of carbonyl (C=O) groups is 2. The second-order valence-electron chi connectivity index (χ2n) is 6.07. The van der Waals surface area contributed by atoms with Gasteiger partial charge in [-0.05, 0) is 43.4 Å². The van der Waals surface area contributed by atoms with Crippen LogP contribution in [0.15, 0.2) is 24.3 Å². The summed E-state index contributed by atoms with van der Waals surface area (Å²) in [6, 6.07) is 8.07. The number of ether oxygens (including phenoxy) is 1. The molecule has 0 aromatic heterocycles. The molecule has 126 valence electrons. The van der Waals surface area contributed by atoms with Crippen LogP contribution in [0.3, 0.4) is 0 Å². The van der Waals surface area contributed by atoms with Gasteiger partial charge >= 0.3 is 5.97 Å². The predicted octanol–water partition coefficient (Wildman–Crippen LogP) is 2.73. The fourth-order valence-corrected chi connectivity index (χ4v) is 2.92. The van der Waals surface area contributed by atoms with E-state index in [-0.39, 0.29) is 11.8 Å². The molecule has 0 saturated carbocycles. The standard InChI is InChI=1S/C18H25NO4/c1-23-16-9-7-14(8-10-16)5-3-2-4-6-17(20)19-12-11-15(13-19)18(21)22/h7-10,15H,2-6,11-13H2,1H3,(H,21,22)/t15-/m0/s1. The Bertz CT molecular complexity index is 526. The first-order valence-corrected chi connectivity index (χ1v) is 8.23. The van der Waals surface area contributed by atoms with Gasteiger partial charge in [0.2, 0.25) is 5.91 Å². The summed E-state index contributed by atoms with van der Waals surface area (Å²) in [6.45, 7) is 0.960. The molecule has 2 rings (SSSR count). The van der Waals surface area contributed by atoms with Crippen LogP contribution in [0, 0.1) is 5.92 Å². The molecule has 1 aliphatic rings.